The van der Waals surface area contributed by atoms with E-state index in [0.29, 0.717) is 0 Å². The van der Waals surface area contributed by atoms with Crippen LogP contribution < -0.4 is 0 Å². The molecule has 2 fully saturated rings. The van der Waals surface area contributed by atoms with Gasteiger partial charge in [0.15, 0.2) is 0 Å². The lowest BCUT2D eigenvalue weighted by Gasteiger charge is -2.33. The fraction of sp³-hybridized carbons (Fsp3) is 1.00. The minimum Gasteiger partial charge on any atom is -0.393 e. The van der Waals surface area contributed by atoms with E-state index in [1.165, 1.54) is 64.2 Å². The Morgan fingerprint density at radius 3 is 1.50 bits per heavy atom. The number of fused-ring (bicyclic) bond motifs is 2. The first-order valence-corrected chi connectivity index (χ1v) is 7.52. The molecule has 0 aromatic carbocycles. The van der Waals surface area contributed by atoms with Crippen molar-refractivity contribution in [2.75, 3.05) is 0 Å². The zero-order valence-corrected chi connectivity index (χ0v) is 10.7. The first-order chi connectivity index (χ1) is 7.84. The molecule has 0 aromatic rings. The molecular formula is C15H28O. The van der Waals surface area contributed by atoms with Crippen LogP contribution in [0, 0.1) is 11.8 Å². The van der Waals surface area contributed by atoms with E-state index in [1.54, 1.807) is 0 Å². The van der Waals surface area contributed by atoms with Gasteiger partial charge in [-0.2, -0.15) is 0 Å². The number of rotatable bonds is 0. The van der Waals surface area contributed by atoms with E-state index in [-0.39, 0.29) is 6.10 Å². The predicted molar refractivity (Wildman–Crippen MR) is 68.4 cm³/mol. The smallest absolute Gasteiger partial charge is 0.0545 e. The Morgan fingerprint density at radius 2 is 1.00 bits per heavy atom. The topological polar surface area (TPSA) is 20.2 Å². The van der Waals surface area contributed by atoms with E-state index in [2.05, 4.69) is 0 Å². The summed E-state index contributed by atoms with van der Waals surface area (Å²) >= 11 is 0. The Kier molecular flexibility index (Phi) is 5.15. The largest absolute Gasteiger partial charge is 0.393 e. The van der Waals surface area contributed by atoms with Crippen LogP contribution in [0.5, 0.6) is 0 Å². The molecular weight excluding hydrogens is 196 g/mol. The summed E-state index contributed by atoms with van der Waals surface area (Å²) in [6.45, 7) is 0. The predicted octanol–water partition coefficient (Wildman–Crippen LogP) is 4.29. The Labute approximate surface area is 101 Å². The molecule has 0 amide bonds. The van der Waals surface area contributed by atoms with Crippen LogP contribution in [-0.4, -0.2) is 11.2 Å². The van der Waals surface area contributed by atoms with Gasteiger partial charge in [-0.15, -0.1) is 0 Å². The number of aliphatic hydroxyl groups is 1. The molecule has 2 aliphatic rings. The molecule has 1 N–H and O–H groups in total. The molecule has 2 saturated carbocycles. The van der Waals surface area contributed by atoms with Gasteiger partial charge in [0.05, 0.1) is 6.10 Å². The first-order valence-electron chi connectivity index (χ1n) is 7.52. The van der Waals surface area contributed by atoms with Crippen molar-refractivity contribution < 1.29 is 5.11 Å². The number of aliphatic hydroxyl groups excluding tert-OH is 1. The highest BCUT2D eigenvalue weighted by Crippen LogP contribution is 2.35. The fourth-order valence-electron chi connectivity index (χ4n) is 3.75. The Hall–Kier alpha value is -0.0400. The molecule has 0 aromatic heterocycles. The van der Waals surface area contributed by atoms with Crippen molar-refractivity contribution in [3.63, 3.8) is 0 Å². The molecule has 0 aliphatic heterocycles. The molecule has 3 atom stereocenters. The molecule has 0 heterocycles. The maximum Gasteiger partial charge on any atom is 0.0545 e. The van der Waals surface area contributed by atoms with Gasteiger partial charge in [-0.05, 0) is 31.1 Å². The van der Waals surface area contributed by atoms with Gasteiger partial charge in [-0.3, -0.25) is 0 Å². The van der Waals surface area contributed by atoms with Gasteiger partial charge < -0.3 is 5.11 Å². The quantitative estimate of drug-likeness (QED) is 0.651. The third-order valence-corrected chi connectivity index (χ3v) is 4.60. The van der Waals surface area contributed by atoms with Crippen LogP contribution >= 0.6 is 0 Å². The minimum absolute atomic E-state index is 0.0201. The molecule has 0 radical (unpaired) electrons. The van der Waals surface area contributed by atoms with Gasteiger partial charge in [0.1, 0.15) is 0 Å². The Morgan fingerprint density at radius 1 is 0.562 bits per heavy atom. The highest BCUT2D eigenvalue weighted by molar-refractivity contribution is 4.79. The zero-order valence-electron chi connectivity index (χ0n) is 10.7. The van der Waals surface area contributed by atoms with E-state index in [4.69, 9.17) is 0 Å². The summed E-state index contributed by atoms with van der Waals surface area (Å²) in [4.78, 5) is 0. The lowest BCUT2D eigenvalue weighted by molar-refractivity contribution is 0.0623. The maximum absolute atomic E-state index is 9.92. The van der Waals surface area contributed by atoms with Crippen molar-refractivity contribution >= 4 is 0 Å². The van der Waals surface area contributed by atoms with Gasteiger partial charge in [0, 0.05) is 0 Å². The molecule has 2 bridgehead atoms. The summed E-state index contributed by atoms with van der Waals surface area (Å²) in [6, 6.07) is 0. The second-order valence-electron chi connectivity index (χ2n) is 6.15. The zero-order chi connectivity index (χ0) is 11.2. The minimum atomic E-state index is 0.0201. The average molecular weight is 224 g/mol. The van der Waals surface area contributed by atoms with Crippen molar-refractivity contribution in [2.24, 2.45) is 11.8 Å². The highest BCUT2D eigenvalue weighted by atomic mass is 16.3. The van der Waals surface area contributed by atoms with Gasteiger partial charge in [0.2, 0.25) is 0 Å². The van der Waals surface area contributed by atoms with Crippen LogP contribution in [0.4, 0.5) is 0 Å². The summed E-state index contributed by atoms with van der Waals surface area (Å²) in [7, 11) is 0. The van der Waals surface area contributed by atoms with Gasteiger partial charge in [-0.1, -0.05) is 57.8 Å². The van der Waals surface area contributed by atoms with Crippen molar-refractivity contribution in [2.45, 2.75) is 83.2 Å². The van der Waals surface area contributed by atoms with E-state index in [0.717, 1.165) is 24.7 Å². The van der Waals surface area contributed by atoms with Crippen molar-refractivity contribution in [1.29, 1.82) is 0 Å². The number of hydrogen-bond donors (Lipinski definition) is 1. The molecule has 94 valence electrons. The van der Waals surface area contributed by atoms with Crippen LogP contribution in [0.2, 0.25) is 0 Å². The average Bonchev–Trinajstić information content (AvgIpc) is 2.24. The van der Waals surface area contributed by atoms with Crippen LogP contribution in [0.15, 0.2) is 0 Å². The van der Waals surface area contributed by atoms with Crippen molar-refractivity contribution in [1.82, 2.24) is 0 Å². The molecule has 0 saturated heterocycles. The van der Waals surface area contributed by atoms with Gasteiger partial charge in [0.25, 0.3) is 0 Å². The summed E-state index contributed by atoms with van der Waals surface area (Å²) in [6.07, 6.45) is 16.4. The summed E-state index contributed by atoms with van der Waals surface area (Å²) in [5.41, 5.74) is 0. The summed E-state index contributed by atoms with van der Waals surface area (Å²) < 4.78 is 0. The van der Waals surface area contributed by atoms with Crippen molar-refractivity contribution in [3.05, 3.63) is 0 Å². The van der Waals surface area contributed by atoms with E-state index in [1.807, 2.05) is 0 Å². The normalized spacial score (nSPS) is 38.4. The van der Waals surface area contributed by atoms with Crippen LogP contribution in [-0.2, 0) is 0 Å². The maximum atomic E-state index is 9.92. The lowest BCUT2D eigenvalue weighted by Crippen LogP contribution is -2.26. The molecule has 2 aliphatic carbocycles. The SMILES string of the molecule is OC1C[C@H]2CCCCCCCCC[C@@H](C1)C2. The van der Waals surface area contributed by atoms with E-state index < -0.39 is 0 Å². The molecule has 1 unspecified atom stereocenters. The van der Waals surface area contributed by atoms with Crippen LogP contribution in [0.1, 0.15) is 77.0 Å². The van der Waals surface area contributed by atoms with Crippen molar-refractivity contribution in [3.8, 4) is 0 Å². The monoisotopic (exact) mass is 224 g/mol. The van der Waals surface area contributed by atoms with Gasteiger partial charge in [-0.25, -0.2) is 0 Å². The highest BCUT2D eigenvalue weighted by Gasteiger charge is 2.27. The Bertz CT molecular complexity index is 172. The van der Waals surface area contributed by atoms with Crippen LogP contribution in [0.25, 0.3) is 0 Å². The fourth-order valence-corrected chi connectivity index (χ4v) is 3.75. The van der Waals surface area contributed by atoms with E-state index >= 15 is 0 Å². The van der Waals surface area contributed by atoms with Gasteiger partial charge >= 0.3 is 0 Å². The third-order valence-electron chi connectivity index (χ3n) is 4.60. The second-order valence-corrected chi connectivity index (χ2v) is 6.15. The summed E-state index contributed by atoms with van der Waals surface area (Å²) in [5.74, 6) is 1.68. The molecule has 1 nitrogen and oxygen atoms in total. The molecule has 0 spiro atoms. The molecule has 1 heteroatoms. The standard InChI is InChI=1S/C15H28O/c16-15-11-13-8-6-4-2-1-3-5-7-9-14(10-13)12-15/h13-16H,1-12H2/t13-,14+,15?. The molecule has 2 rings (SSSR count). The first kappa shape index (κ1) is 12.4. The number of hydrogen-bond acceptors (Lipinski definition) is 1. The third kappa shape index (κ3) is 4.08. The van der Waals surface area contributed by atoms with Crippen LogP contribution in [0.3, 0.4) is 0 Å². The van der Waals surface area contributed by atoms with E-state index in [9.17, 15) is 5.11 Å². The Balaban J connectivity index is 1.83. The molecule has 16 heavy (non-hydrogen) atoms. The second kappa shape index (κ2) is 6.64. The summed E-state index contributed by atoms with van der Waals surface area (Å²) in [5, 5.41) is 9.92. The lowest BCUT2D eigenvalue weighted by atomic mass is 9.75.